The highest BCUT2D eigenvalue weighted by atomic mass is 16.4. The number of nitrogens with two attached hydrogens (primary N) is 1. The third kappa shape index (κ3) is 6.40. The minimum atomic E-state index is -1.09. The summed E-state index contributed by atoms with van der Waals surface area (Å²) in [5.74, 6) is -1.32. The van der Waals surface area contributed by atoms with E-state index in [0.29, 0.717) is 6.42 Å². The highest BCUT2D eigenvalue weighted by molar-refractivity contribution is 5.83. The summed E-state index contributed by atoms with van der Waals surface area (Å²) in [5, 5.41) is 11.2. The standard InChI is InChI=1S/C11H22N2O3/c1-3-4-5-6-7-9(14)13-10(8(2)12)11(15)16/h8,10H,3-7,12H2,1-2H3,(H,13,14)(H,15,16). The molecule has 0 fully saturated rings. The molecule has 4 N–H and O–H groups in total. The summed E-state index contributed by atoms with van der Waals surface area (Å²) in [5.41, 5.74) is 5.47. The number of hydrogen-bond acceptors (Lipinski definition) is 3. The van der Waals surface area contributed by atoms with Crippen molar-refractivity contribution in [1.82, 2.24) is 5.32 Å². The number of carbonyl (C=O) groups excluding carboxylic acids is 1. The van der Waals surface area contributed by atoms with Crippen LogP contribution in [0.4, 0.5) is 0 Å². The minimum absolute atomic E-state index is 0.235. The van der Waals surface area contributed by atoms with Crippen LogP contribution in [-0.4, -0.2) is 29.1 Å². The van der Waals surface area contributed by atoms with Crippen LogP contribution in [0.25, 0.3) is 0 Å². The maximum absolute atomic E-state index is 11.4. The van der Waals surface area contributed by atoms with Gasteiger partial charge in [-0.3, -0.25) is 4.79 Å². The largest absolute Gasteiger partial charge is 0.480 e. The van der Waals surface area contributed by atoms with Gasteiger partial charge >= 0.3 is 5.97 Å². The Morgan fingerprint density at radius 2 is 1.94 bits per heavy atom. The normalized spacial score (nSPS) is 14.2. The molecule has 0 aromatic heterocycles. The Bertz CT molecular complexity index is 229. The molecule has 0 aliphatic carbocycles. The maximum Gasteiger partial charge on any atom is 0.327 e. The van der Waals surface area contributed by atoms with Gasteiger partial charge in [-0.1, -0.05) is 26.2 Å². The van der Waals surface area contributed by atoms with Gasteiger partial charge in [-0.05, 0) is 13.3 Å². The summed E-state index contributed by atoms with van der Waals surface area (Å²) in [7, 11) is 0. The maximum atomic E-state index is 11.4. The summed E-state index contributed by atoms with van der Waals surface area (Å²) in [4.78, 5) is 22.2. The summed E-state index contributed by atoms with van der Waals surface area (Å²) in [6, 6.07) is -1.57. The monoisotopic (exact) mass is 230 g/mol. The average Bonchev–Trinajstić information content (AvgIpc) is 2.20. The fraction of sp³-hybridized carbons (Fsp3) is 0.818. The number of rotatable bonds is 8. The number of carboxylic acids is 1. The highest BCUT2D eigenvalue weighted by Gasteiger charge is 2.23. The number of carbonyl (C=O) groups is 2. The van der Waals surface area contributed by atoms with Gasteiger partial charge in [-0.25, -0.2) is 4.79 Å². The first-order valence-corrected chi connectivity index (χ1v) is 5.76. The van der Waals surface area contributed by atoms with Gasteiger partial charge in [0.2, 0.25) is 5.91 Å². The Morgan fingerprint density at radius 3 is 2.38 bits per heavy atom. The van der Waals surface area contributed by atoms with Gasteiger partial charge < -0.3 is 16.2 Å². The predicted octanol–water partition coefficient (Wildman–Crippen LogP) is 0.873. The second-order valence-corrected chi connectivity index (χ2v) is 4.05. The molecule has 0 aromatic carbocycles. The van der Waals surface area contributed by atoms with E-state index >= 15 is 0 Å². The van der Waals surface area contributed by atoms with Gasteiger partial charge in [0.25, 0.3) is 0 Å². The van der Waals surface area contributed by atoms with E-state index in [0.717, 1.165) is 25.7 Å². The molecule has 16 heavy (non-hydrogen) atoms. The van der Waals surface area contributed by atoms with Gasteiger partial charge in [0.05, 0.1) is 0 Å². The van der Waals surface area contributed by atoms with E-state index in [-0.39, 0.29) is 5.91 Å². The van der Waals surface area contributed by atoms with Crippen LogP contribution in [0.2, 0.25) is 0 Å². The number of aliphatic carboxylic acids is 1. The highest BCUT2D eigenvalue weighted by Crippen LogP contribution is 2.02. The van der Waals surface area contributed by atoms with Crippen molar-refractivity contribution in [2.24, 2.45) is 5.73 Å². The molecule has 0 aliphatic heterocycles. The van der Waals surface area contributed by atoms with Crippen LogP contribution in [0, 0.1) is 0 Å². The second kappa shape index (κ2) is 8.10. The van der Waals surface area contributed by atoms with Gasteiger partial charge in [-0.15, -0.1) is 0 Å². The van der Waals surface area contributed by atoms with E-state index < -0.39 is 18.1 Å². The molecular formula is C11H22N2O3. The molecule has 1 amide bonds. The summed E-state index contributed by atoms with van der Waals surface area (Å²) in [6.45, 7) is 3.66. The molecule has 5 nitrogen and oxygen atoms in total. The van der Waals surface area contributed by atoms with Crippen LogP contribution in [0.5, 0.6) is 0 Å². The van der Waals surface area contributed by atoms with Gasteiger partial charge in [0, 0.05) is 12.5 Å². The predicted molar refractivity (Wildman–Crippen MR) is 62.0 cm³/mol. The van der Waals surface area contributed by atoms with Crippen molar-refractivity contribution in [3.05, 3.63) is 0 Å². The lowest BCUT2D eigenvalue weighted by molar-refractivity contribution is -0.142. The molecule has 2 unspecified atom stereocenters. The van der Waals surface area contributed by atoms with Crippen LogP contribution in [0.1, 0.15) is 46.0 Å². The van der Waals surface area contributed by atoms with Crippen molar-refractivity contribution in [2.45, 2.75) is 58.0 Å². The van der Waals surface area contributed by atoms with Crippen LogP contribution in [-0.2, 0) is 9.59 Å². The first-order chi connectivity index (χ1) is 7.49. The Morgan fingerprint density at radius 1 is 1.31 bits per heavy atom. The van der Waals surface area contributed by atoms with Gasteiger partial charge in [0.15, 0.2) is 0 Å². The van der Waals surface area contributed by atoms with Crippen molar-refractivity contribution in [3.8, 4) is 0 Å². The van der Waals surface area contributed by atoms with E-state index in [2.05, 4.69) is 12.2 Å². The summed E-state index contributed by atoms with van der Waals surface area (Å²) in [6.07, 6.45) is 4.38. The molecule has 0 rings (SSSR count). The van der Waals surface area contributed by atoms with E-state index in [9.17, 15) is 9.59 Å². The molecule has 5 heteroatoms. The third-order valence-corrected chi connectivity index (χ3v) is 2.37. The van der Waals surface area contributed by atoms with Crippen LogP contribution in [0.15, 0.2) is 0 Å². The quantitative estimate of drug-likeness (QED) is 0.539. The number of carboxylic acid groups (broad SMARTS) is 1. The van der Waals surface area contributed by atoms with E-state index in [4.69, 9.17) is 10.8 Å². The smallest absolute Gasteiger partial charge is 0.327 e. The zero-order valence-electron chi connectivity index (χ0n) is 10.0. The average molecular weight is 230 g/mol. The summed E-state index contributed by atoms with van der Waals surface area (Å²) < 4.78 is 0. The van der Waals surface area contributed by atoms with Crippen molar-refractivity contribution < 1.29 is 14.7 Å². The molecule has 0 heterocycles. The Balaban J connectivity index is 3.87. The Hall–Kier alpha value is -1.10. The van der Waals surface area contributed by atoms with Crippen molar-refractivity contribution in [1.29, 1.82) is 0 Å². The molecule has 0 radical (unpaired) electrons. The first kappa shape index (κ1) is 14.9. The van der Waals surface area contributed by atoms with E-state index in [1.807, 2.05) is 0 Å². The minimum Gasteiger partial charge on any atom is -0.480 e. The number of unbranched alkanes of at least 4 members (excludes halogenated alkanes) is 3. The fourth-order valence-electron chi connectivity index (χ4n) is 1.38. The zero-order valence-corrected chi connectivity index (χ0v) is 10.0. The molecule has 0 saturated heterocycles. The molecule has 0 spiro atoms. The first-order valence-electron chi connectivity index (χ1n) is 5.76. The fourth-order valence-corrected chi connectivity index (χ4v) is 1.38. The molecule has 0 saturated carbocycles. The van der Waals surface area contributed by atoms with Gasteiger partial charge in [0.1, 0.15) is 6.04 Å². The molecule has 94 valence electrons. The Kier molecular flexibility index (Phi) is 7.54. The second-order valence-electron chi connectivity index (χ2n) is 4.05. The van der Waals surface area contributed by atoms with Crippen LogP contribution >= 0.6 is 0 Å². The summed E-state index contributed by atoms with van der Waals surface area (Å²) >= 11 is 0. The lowest BCUT2D eigenvalue weighted by Crippen LogP contribution is -2.51. The molecule has 0 bridgehead atoms. The third-order valence-electron chi connectivity index (χ3n) is 2.37. The molecule has 0 aromatic rings. The van der Waals surface area contributed by atoms with Crippen LogP contribution in [0.3, 0.4) is 0 Å². The molecule has 2 atom stereocenters. The van der Waals surface area contributed by atoms with E-state index in [1.165, 1.54) is 0 Å². The lowest BCUT2D eigenvalue weighted by Gasteiger charge is -2.17. The van der Waals surface area contributed by atoms with Crippen molar-refractivity contribution in [3.63, 3.8) is 0 Å². The van der Waals surface area contributed by atoms with Gasteiger partial charge in [-0.2, -0.15) is 0 Å². The molecule has 0 aliphatic rings. The van der Waals surface area contributed by atoms with E-state index in [1.54, 1.807) is 6.92 Å². The number of hydrogen-bond donors (Lipinski definition) is 3. The number of amides is 1. The lowest BCUT2D eigenvalue weighted by atomic mass is 10.1. The van der Waals surface area contributed by atoms with Crippen molar-refractivity contribution in [2.75, 3.05) is 0 Å². The SMILES string of the molecule is CCCCCCC(=O)NC(C(=O)O)C(C)N. The zero-order chi connectivity index (χ0) is 12.6. The van der Waals surface area contributed by atoms with Crippen LogP contribution < -0.4 is 11.1 Å². The number of nitrogens with one attached hydrogen (secondary N) is 1. The van der Waals surface area contributed by atoms with Crippen molar-refractivity contribution >= 4 is 11.9 Å². The molecular weight excluding hydrogens is 208 g/mol. The Labute approximate surface area is 96.4 Å². The topological polar surface area (TPSA) is 92.4 Å².